The van der Waals surface area contributed by atoms with Crippen molar-refractivity contribution in [3.8, 4) is 0 Å². The van der Waals surface area contributed by atoms with Crippen LogP contribution in [0.5, 0.6) is 0 Å². The molecule has 5 heteroatoms. The summed E-state index contributed by atoms with van der Waals surface area (Å²) in [5, 5.41) is 4.04. The van der Waals surface area contributed by atoms with Gasteiger partial charge in [0.15, 0.2) is 0 Å². The van der Waals surface area contributed by atoms with Crippen LogP contribution in [0.3, 0.4) is 0 Å². The topological polar surface area (TPSA) is 51.5 Å². The van der Waals surface area contributed by atoms with Crippen molar-refractivity contribution in [2.45, 2.75) is 19.4 Å². The Morgan fingerprint density at radius 1 is 1.33 bits per heavy atom. The predicted octanol–water partition coefficient (Wildman–Crippen LogP) is 3.81. The summed E-state index contributed by atoms with van der Waals surface area (Å²) in [6.07, 6.45) is 0.978. The van der Waals surface area contributed by atoms with Gasteiger partial charge < -0.3 is 14.5 Å². The predicted molar refractivity (Wildman–Crippen MR) is 81.6 cm³/mol. The van der Waals surface area contributed by atoms with Crippen molar-refractivity contribution in [2.75, 3.05) is 13.7 Å². The van der Waals surface area contributed by atoms with Gasteiger partial charge in [0, 0.05) is 5.02 Å². The van der Waals surface area contributed by atoms with Crippen LogP contribution in [0.4, 0.5) is 0 Å². The number of benzene rings is 1. The van der Waals surface area contributed by atoms with Crippen LogP contribution in [0.2, 0.25) is 5.02 Å². The third-order valence-electron chi connectivity index (χ3n) is 3.11. The molecule has 112 valence electrons. The molecule has 0 amide bonds. The summed E-state index contributed by atoms with van der Waals surface area (Å²) < 4.78 is 10.3. The van der Waals surface area contributed by atoms with E-state index < -0.39 is 5.97 Å². The molecule has 0 bridgehead atoms. The molecule has 2 aromatic rings. The molecule has 1 atom stereocenters. The van der Waals surface area contributed by atoms with Gasteiger partial charge in [0.05, 0.1) is 13.2 Å². The number of ether oxygens (including phenoxy) is 1. The zero-order chi connectivity index (χ0) is 15.2. The lowest BCUT2D eigenvalue weighted by molar-refractivity contribution is 0.0562. The molecule has 21 heavy (non-hydrogen) atoms. The number of carbonyl (C=O) groups is 1. The number of hydrogen-bond donors (Lipinski definition) is 1. The Morgan fingerprint density at radius 3 is 2.76 bits per heavy atom. The molecule has 1 aromatic heterocycles. The Bertz CT molecular complexity index is 609. The van der Waals surface area contributed by atoms with Crippen LogP contribution in [0.1, 0.15) is 41.3 Å². The largest absolute Gasteiger partial charge is 0.463 e. The van der Waals surface area contributed by atoms with Crippen molar-refractivity contribution in [2.24, 2.45) is 0 Å². The van der Waals surface area contributed by atoms with Crippen LogP contribution in [0.15, 0.2) is 40.8 Å². The number of esters is 1. The summed E-state index contributed by atoms with van der Waals surface area (Å²) in [4.78, 5) is 11.5. The Hall–Kier alpha value is -1.78. The first-order valence-electron chi connectivity index (χ1n) is 6.83. The zero-order valence-electron chi connectivity index (χ0n) is 12.1. The van der Waals surface area contributed by atoms with Gasteiger partial charge in [-0.25, -0.2) is 4.79 Å². The lowest BCUT2D eigenvalue weighted by Crippen LogP contribution is -2.23. The van der Waals surface area contributed by atoms with Gasteiger partial charge >= 0.3 is 5.97 Å². The maximum Gasteiger partial charge on any atom is 0.373 e. The van der Waals surface area contributed by atoms with Gasteiger partial charge in [0.2, 0.25) is 5.76 Å². The highest BCUT2D eigenvalue weighted by molar-refractivity contribution is 6.31. The van der Waals surface area contributed by atoms with Crippen molar-refractivity contribution in [1.29, 1.82) is 0 Å². The molecule has 0 saturated heterocycles. The van der Waals surface area contributed by atoms with Gasteiger partial charge in [-0.3, -0.25) is 0 Å². The Kier molecular flexibility index (Phi) is 5.42. The minimum Gasteiger partial charge on any atom is -0.463 e. The molecule has 1 aromatic carbocycles. The van der Waals surface area contributed by atoms with Gasteiger partial charge in [-0.15, -0.1) is 0 Å². The van der Waals surface area contributed by atoms with E-state index in [1.165, 1.54) is 7.11 Å². The van der Waals surface area contributed by atoms with E-state index >= 15 is 0 Å². The summed E-state index contributed by atoms with van der Waals surface area (Å²) in [6.45, 7) is 2.89. The lowest BCUT2D eigenvalue weighted by Gasteiger charge is -2.18. The Balaban J connectivity index is 2.34. The van der Waals surface area contributed by atoms with E-state index in [4.69, 9.17) is 16.0 Å². The van der Waals surface area contributed by atoms with Crippen LogP contribution in [-0.4, -0.2) is 19.6 Å². The van der Waals surface area contributed by atoms with E-state index in [9.17, 15) is 4.79 Å². The number of halogens is 1. The van der Waals surface area contributed by atoms with E-state index in [-0.39, 0.29) is 11.8 Å². The minimum absolute atomic E-state index is 0.183. The van der Waals surface area contributed by atoms with Gasteiger partial charge in [-0.2, -0.15) is 0 Å². The molecule has 2 rings (SSSR count). The highest BCUT2D eigenvalue weighted by Crippen LogP contribution is 2.29. The number of methoxy groups -OCH3 is 1. The highest BCUT2D eigenvalue weighted by Gasteiger charge is 2.21. The SMILES string of the molecule is CCCNC(c1ccc(C(=O)OC)o1)c1ccccc1Cl. The van der Waals surface area contributed by atoms with Crippen molar-refractivity contribution in [1.82, 2.24) is 5.32 Å². The quantitative estimate of drug-likeness (QED) is 0.825. The Morgan fingerprint density at radius 2 is 2.10 bits per heavy atom. The number of carbonyl (C=O) groups excluding carboxylic acids is 1. The van der Waals surface area contributed by atoms with Crippen LogP contribution < -0.4 is 5.32 Å². The fourth-order valence-corrected chi connectivity index (χ4v) is 2.32. The van der Waals surface area contributed by atoms with E-state index in [2.05, 4.69) is 17.0 Å². The normalized spacial score (nSPS) is 12.1. The molecule has 0 fully saturated rings. The van der Waals surface area contributed by atoms with E-state index in [1.54, 1.807) is 12.1 Å². The van der Waals surface area contributed by atoms with E-state index in [0.717, 1.165) is 18.5 Å². The summed E-state index contributed by atoms with van der Waals surface area (Å²) in [6, 6.07) is 10.8. The van der Waals surface area contributed by atoms with E-state index in [1.807, 2.05) is 24.3 Å². The smallest absolute Gasteiger partial charge is 0.373 e. The first-order chi connectivity index (χ1) is 10.2. The molecule has 1 N–H and O–H groups in total. The summed E-state index contributed by atoms with van der Waals surface area (Å²) in [5.41, 5.74) is 0.915. The number of hydrogen-bond acceptors (Lipinski definition) is 4. The minimum atomic E-state index is -0.491. The monoisotopic (exact) mass is 307 g/mol. The lowest BCUT2D eigenvalue weighted by atomic mass is 10.0. The molecule has 4 nitrogen and oxygen atoms in total. The standard InChI is InChI=1S/C16H18ClNO3/c1-3-10-18-15(11-6-4-5-7-12(11)17)13-8-9-14(21-13)16(19)20-2/h4-9,15,18H,3,10H2,1-2H3. The second-order valence-electron chi connectivity index (χ2n) is 4.60. The maximum atomic E-state index is 11.5. The van der Waals surface area contributed by atoms with Crippen LogP contribution in [0.25, 0.3) is 0 Å². The van der Waals surface area contributed by atoms with Crippen LogP contribution in [-0.2, 0) is 4.74 Å². The number of rotatable bonds is 6. The molecule has 0 aliphatic carbocycles. The third-order valence-corrected chi connectivity index (χ3v) is 3.46. The van der Waals surface area contributed by atoms with Crippen LogP contribution in [0, 0.1) is 0 Å². The molecular weight excluding hydrogens is 290 g/mol. The van der Waals surface area contributed by atoms with Crippen molar-refractivity contribution >= 4 is 17.6 Å². The highest BCUT2D eigenvalue weighted by atomic mass is 35.5. The summed E-state index contributed by atoms with van der Waals surface area (Å²) >= 11 is 6.27. The van der Waals surface area contributed by atoms with Gasteiger partial charge in [0.25, 0.3) is 0 Å². The zero-order valence-corrected chi connectivity index (χ0v) is 12.8. The summed E-state index contributed by atoms with van der Waals surface area (Å²) in [7, 11) is 1.32. The molecule has 0 aliphatic rings. The Labute approximate surface area is 129 Å². The maximum absolute atomic E-state index is 11.5. The molecule has 0 aliphatic heterocycles. The second kappa shape index (κ2) is 7.29. The number of nitrogens with one attached hydrogen (secondary N) is 1. The molecule has 0 saturated carbocycles. The molecular formula is C16H18ClNO3. The van der Waals surface area contributed by atoms with E-state index in [0.29, 0.717) is 10.8 Å². The molecule has 0 spiro atoms. The average Bonchev–Trinajstić information content (AvgIpc) is 2.98. The molecule has 1 unspecified atom stereocenters. The first-order valence-corrected chi connectivity index (χ1v) is 7.21. The van der Waals surface area contributed by atoms with Gasteiger partial charge in [-0.05, 0) is 36.7 Å². The van der Waals surface area contributed by atoms with Crippen molar-refractivity contribution < 1.29 is 13.9 Å². The van der Waals surface area contributed by atoms with Crippen molar-refractivity contribution in [3.05, 3.63) is 58.5 Å². The fourth-order valence-electron chi connectivity index (χ4n) is 2.08. The molecule has 0 radical (unpaired) electrons. The van der Waals surface area contributed by atoms with Crippen LogP contribution >= 0.6 is 11.6 Å². The van der Waals surface area contributed by atoms with Gasteiger partial charge in [-0.1, -0.05) is 36.7 Å². The molecule has 1 heterocycles. The van der Waals surface area contributed by atoms with Crippen molar-refractivity contribution in [3.63, 3.8) is 0 Å². The second-order valence-corrected chi connectivity index (χ2v) is 5.01. The van der Waals surface area contributed by atoms with Gasteiger partial charge in [0.1, 0.15) is 5.76 Å². The third kappa shape index (κ3) is 3.65. The number of furan rings is 1. The first kappa shape index (κ1) is 15.6. The fraction of sp³-hybridized carbons (Fsp3) is 0.312. The summed E-state index contributed by atoms with van der Waals surface area (Å²) in [5.74, 6) is 0.328. The average molecular weight is 308 g/mol.